The topological polar surface area (TPSA) is 96.3 Å². The van der Waals surface area contributed by atoms with Crippen LogP contribution in [0, 0.1) is 5.41 Å². The molecule has 0 bridgehead atoms. The molecule has 1 saturated carbocycles. The molecule has 0 unspecified atom stereocenters. The van der Waals surface area contributed by atoms with Gasteiger partial charge in [-0.25, -0.2) is 9.55 Å². The second-order valence-corrected chi connectivity index (χ2v) is 11.4. The number of nitrogens with one attached hydrogen (secondary N) is 2. The summed E-state index contributed by atoms with van der Waals surface area (Å²) in [5.41, 5.74) is 2.59. The maximum Gasteiger partial charge on any atom is 0.263 e. The molecule has 0 spiro atoms. The Morgan fingerprint density at radius 1 is 1.05 bits per heavy atom. The summed E-state index contributed by atoms with van der Waals surface area (Å²) in [6, 6.07) is 11.6. The van der Waals surface area contributed by atoms with E-state index in [0.717, 1.165) is 6.42 Å². The Morgan fingerprint density at radius 2 is 1.71 bits per heavy atom. The average Bonchev–Trinajstić information content (AvgIpc) is 3.50. The van der Waals surface area contributed by atoms with E-state index in [1.54, 1.807) is 59.0 Å². The smallest absolute Gasteiger partial charge is 0.263 e. The molecule has 10 heteroatoms. The van der Waals surface area contributed by atoms with Crippen LogP contribution < -0.4 is 16.2 Å². The SMILES string of the molecule is CNC(=O)c1ccc(-n2c(N[C@H]3CC3(C)C)nc3c(c2=O)C[C@@H](C)N(C(=O)c2ccc(Cl)c(Cl)c2)C3)cc1. The predicted octanol–water partition coefficient (Wildman–Crippen LogP) is 4.70. The van der Waals surface area contributed by atoms with Gasteiger partial charge >= 0.3 is 0 Å². The molecule has 0 radical (unpaired) electrons. The fourth-order valence-electron chi connectivity index (χ4n) is 4.84. The second-order valence-electron chi connectivity index (χ2n) is 10.6. The van der Waals surface area contributed by atoms with Crippen molar-refractivity contribution in [3.8, 4) is 5.69 Å². The molecule has 1 aromatic heterocycles. The Balaban J connectivity index is 1.55. The van der Waals surface area contributed by atoms with Crippen LogP contribution in [0.2, 0.25) is 10.0 Å². The molecule has 1 aliphatic carbocycles. The van der Waals surface area contributed by atoms with Gasteiger partial charge in [-0.1, -0.05) is 37.0 Å². The lowest BCUT2D eigenvalue weighted by Gasteiger charge is -2.34. The van der Waals surface area contributed by atoms with E-state index in [-0.39, 0.29) is 41.4 Å². The van der Waals surface area contributed by atoms with Crippen LogP contribution in [0.5, 0.6) is 0 Å². The number of amides is 2. The quantitative estimate of drug-likeness (QED) is 0.477. The van der Waals surface area contributed by atoms with E-state index in [0.29, 0.717) is 50.5 Å². The molecule has 2 amide bonds. The Morgan fingerprint density at radius 3 is 2.32 bits per heavy atom. The first-order valence-electron chi connectivity index (χ1n) is 12.5. The summed E-state index contributed by atoms with van der Waals surface area (Å²) in [5, 5.41) is 6.74. The van der Waals surface area contributed by atoms with Crippen LogP contribution in [0.3, 0.4) is 0 Å². The minimum absolute atomic E-state index is 0.0892. The van der Waals surface area contributed by atoms with E-state index in [1.807, 2.05) is 6.92 Å². The molecule has 1 aliphatic heterocycles. The molecule has 5 rings (SSSR count). The summed E-state index contributed by atoms with van der Waals surface area (Å²) in [7, 11) is 1.57. The number of carbonyl (C=O) groups excluding carboxylic acids is 2. The number of hydrogen-bond donors (Lipinski definition) is 2. The van der Waals surface area contributed by atoms with Crippen LogP contribution in [-0.4, -0.2) is 45.4 Å². The summed E-state index contributed by atoms with van der Waals surface area (Å²) in [5.74, 6) is 0.0231. The zero-order valence-electron chi connectivity index (χ0n) is 21.6. The van der Waals surface area contributed by atoms with Crippen molar-refractivity contribution >= 4 is 41.0 Å². The predicted molar refractivity (Wildman–Crippen MR) is 149 cm³/mol. The van der Waals surface area contributed by atoms with Gasteiger partial charge in [0.25, 0.3) is 17.4 Å². The summed E-state index contributed by atoms with van der Waals surface area (Å²) in [4.78, 5) is 45.9. The second kappa shape index (κ2) is 9.75. The Bertz CT molecular complexity index is 1500. The van der Waals surface area contributed by atoms with E-state index in [2.05, 4.69) is 24.5 Å². The van der Waals surface area contributed by atoms with Gasteiger partial charge in [0.15, 0.2) is 0 Å². The zero-order chi connectivity index (χ0) is 27.4. The van der Waals surface area contributed by atoms with Crippen LogP contribution in [0.4, 0.5) is 5.95 Å². The van der Waals surface area contributed by atoms with Gasteiger partial charge in [0.05, 0.1) is 28.0 Å². The fourth-order valence-corrected chi connectivity index (χ4v) is 5.14. The average molecular weight is 554 g/mol. The molecule has 38 heavy (non-hydrogen) atoms. The van der Waals surface area contributed by atoms with Gasteiger partial charge in [0.2, 0.25) is 5.95 Å². The highest BCUT2D eigenvalue weighted by atomic mass is 35.5. The van der Waals surface area contributed by atoms with E-state index in [9.17, 15) is 14.4 Å². The van der Waals surface area contributed by atoms with Crippen molar-refractivity contribution in [2.75, 3.05) is 12.4 Å². The third kappa shape index (κ3) is 4.78. The maximum absolute atomic E-state index is 13.9. The standard InChI is InChI=1S/C28H29Cl2N5O3/c1-15-11-19-22(14-34(15)25(37)17-7-10-20(29)21(30)12-17)32-27(33-23-13-28(23,2)3)35(26(19)38)18-8-5-16(6-9-18)24(36)31-4/h5-10,12,15,23H,11,13-14H2,1-4H3,(H,31,36)(H,32,33)/t15-,23+/m1/s1. The van der Waals surface area contributed by atoms with Gasteiger partial charge in [0, 0.05) is 35.8 Å². The maximum atomic E-state index is 13.9. The van der Waals surface area contributed by atoms with E-state index in [1.165, 1.54) is 0 Å². The normalized spacial score (nSPS) is 19.5. The molecule has 2 aliphatic rings. The minimum Gasteiger partial charge on any atom is -0.355 e. The van der Waals surface area contributed by atoms with Gasteiger partial charge < -0.3 is 15.5 Å². The molecular weight excluding hydrogens is 525 g/mol. The fraction of sp³-hybridized carbons (Fsp3) is 0.357. The Hall–Kier alpha value is -3.36. The van der Waals surface area contributed by atoms with Crippen molar-refractivity contribution < 1.29 is 9.59 Å². The summed E-state index contributed by atoms with van der Waals surface area (Å²) >= 11 is 12.2. The highest BCUT2D eigenvalue weighted by molar-refractivity contribution is 6.42. The van der Waals surface area contributed by atoms with Crippen molar-refractivity contribution in [3.05, 3.63) is 85.2 Å². The summed E-state index contributed by atoms with van der Waals surface area (Å²) < 4.78 is 1.57. The molecule has 8 nitrogen and oxygen atoms in total. The third-order valence-electron chi connectivity index (χ3n) is 7.47. The van der Waals surface area contributed by atoms with Crippen LogP contribution in [0.1, 0.15) is 59.2 Å². The first-order valence-corrected chi connectivity index (χ1v) is 13.3. The first-order chi connectivity index (χ1) is 18.0. The first kappa shape index (κ1) is 26.3. The zero-order valence-corrected chi connectivity index (χ0v) is 23.2. The number of aromatic nitrogens is 2. The van der Waals surface area contributed by atoms with Crippen molar-refractivity contribution in [2.45, 2.75) is 52.2 Å². The Kier molecular flexibility index (Phi) is 6.73. The van der Waals surface area contributed by atoms with Crippen LogP contribution >= 0.6 is 23.2 Å². The number of hydrogen-bond acceptors (Lipinski definition) is 5. The number of nitrogens with zero attached hydrogens (tertiary/aromatic N) is 3. The highest BCUT2D eigenvalue weighted by Crippen LogP contribution is 2.46. The van der Waals surface area contributed by atoms with Gasteiger partial charge in [-0.3, -0.25) is 14.4 Å². The minimum atomic E-state index is -0.232. The Labute approximate surface area is 231 Å². The highest BCUT2D eigenvalue weighted by Gasteiger charge is 2.46. The van der Waals surface area contributed by atoms with E-state index in [4.69, 9.17) is 28.2 Å². The van der Waals surface area contributed by atoms with E-state index < -0.39 is 0 Å². The number of rotatable bonds is 5. The number of benzene rings is 2. The summed E-state index contributed by atoms with van der Waals surface area (Å²) in [6.45, 7) is 6.43. The molecule has 2 N–H and O–H groups in total. The number of fused-ring (bicyclic) bond motifs is 1. The van der Waals surface area contributed by atoms with Crippen LogP contribution in [0.25, 0.3) is 5.69 Å². The van der Waals surface area contributed by atoms with E-state index >= 15 is 0 Å². The monoisotopic (exact) mass is 553 g/mol. The summed E-state index contributed by atoms with van der Waals surface area (Å²) in [6.07, 6.45) is 1.31. The lowest BCUT2D eigenvalue weighted by molar-refractivity contribution is 0.0653. The van der Waals surface area contributed by atoms with Crippen molar-refractivity contribution in [3.63, 3.8) is 0 Å². The van der Waals surface area contributed by atoms with Gasteiger partial charge in [-0.15, -0.1) is 0 Å². The lowest BCUT2D eigenvalue weighted by atomic mass is 9.98. The van der Waals surface area contributed by atoms with Gasteiger partial charge in [0.1, 0.15) is 0 Å². The molecule has 198 valence electrons. The lowest BCUT2D eigenvalue weighted by Crippen LogP contribution is -2.46. The number of carbonyl (C=O) groups is 2. The van der Waals surface area contributed by atoms with Gasteiger partial charge in [-0.2, -0.15) is 0 Å². The number of anilines is 1. The largest absolute Gasteiger partial charge is 0.355 e. The molecule has 2 aromatic carbocycles. The molecule has 3 aromatic rings. The molecular formula is C28H29Cl2N5O3. The molecule has 2 heterocycles. The molecule has 1 fully saturated rings. The molecule has 0 saturated heterocycles. The van der Waals surface area contributed by atoms with Crippen LogP contribution in [0.15, 0.2) is 47.3 Å². The van der Waals surface area contributed by atoms with Crippen LogP contribution in [-0.2, 0) is 13.0 Å². The molecule has 2 atom stereocenters. The van der Waals surface area contributed by atoms with Gasteiger partial charge in [-0.05, 0) is 67.6 Å². The van der Waals surface area contributed by atoms with Crippen molar-refractivity contribution in [1.82, 2.24) is 19.8 Å². The number of halogens is 2. The third-order valence-corrected chi connectivity index (χ3v) is 8.21. The van der Waals surface area contributed by atoms with Crippen molar-refractivity contribution in [2.24, 2.45) is 5.41 Å². The van der Waals surface area contributed by atoms with Crippen molar-refractivity contribution in [1.29, 1.82) is 0 Å².